The fourth-order valence-corrected chi connectivity index (χ4v) is 5.07. The predicted octanol–water partition coefficient (Wildman–Crippen LogP) is 7.42. The number of nitrogens with one attached hydrogen (secondary N) is 3. The van der Waals surface area contributed by atoms with E-state index in [-0.39, 0.29) is 17.6 Å². The molecule has 0 radical (unpaired) electrons. The van der Waals surface area contributed by atoms with E-state index in [0.29, 0.717) is 11.3 Å². The van der Waals surface area contributed by atoms with Gasteiger partial charge in [0.25, 0.3) is 0 Å². The molecule has 3 aromatic heterocycles. The van der Waals surface area contributed by atoms with E-state index in [2.05, 4.69) is 38.1 Å². The summed E-state index contributed by atoms with van der Waals surface area (Å²) >= 11 is 0. The molecule has 1 amide bonds. The summed E-state index contributed by atoms with van der Waals surface area (Å²) in [7, 11) is 0. The summed E-state index contributed by atoms with van der Waals surface area (Å²) in [5.41, 5.74) is 8.04. The number of rotatable bonds is 7. The highest BCUT2D eigenvalue weighted by molar-refractivity contribution is 5.97. The lowest BCUT2D eigenvalue weighted by Crippen LogP contribution is -2.28. The van der Waals surface area contributed by atoms with Gasteiger partial charge in [0.15, 0.2) is 0 Å². The maximum Gasteiger partial charge on any atom is 0.227 e. The molecule has 3 heterocycles. The highest BCUT2D eigenvalue weighted by atomic mass is 19.1. The quantitative estimate of drug-likeness (QED) is 0.196. The highest BCUT2D eigenvalue weighted by Gasteiger charge is 2.25. The van der Waals surface area contributed by atoms with Crippen LogP contribution in [-0.4, -0.2) is 26.1 Å². The number of allylic oxidation sites excluding steroid dienone is 2. The summed E-state index contributed by atoms with van der Waals surface area (Å²) in [6, 6.07) is 16.7. The van der Waals surface area contributed by atoms with Gasteiger partial charge in [0.2, 0.25) is 5.91 Å². The molecule has 0 atom stereocenters. The Bertz CT molecular complexity index is 1740. The second-order valence-electron chi connectivity index (χ2n) is 9.93. The summed E-state index contributed by atoms with van der Waals surface area (Å²) in [6.45, 7) is 5.79. The number of aromatic nitrogens is 4. The minimum atomic E-state index is -0.290. The van der Waals surface area contributed by atoms with E-state index < -0.39 is 0 Å². The number of fused-ring (bicyclic) bond motifs is 1. The first-order chi connectivity index (χ1) is 19.0. The molecule has 39 heavy (non-hydrogen) atoms. The van der Waals surface area contributed by atoms with Gasteiger partial charge in [-0.05, 0) is 61.2 Å². The van der Waals surface area contributed by atoms with Crippen LogP contribution in [0.3, 0.4) is 0 Å². The number of benzene rings is 2. The van der Waals surface area contributed by atoms with Crippen LogP contribution in [0.15, 0.2) is 85.7 Å². The lowest BCUT2D eigenvalue weighted by atomic mass is 9.85. The lowest BCUT2D eigenvalue weighted by molar-refractivity contribution is -0.122. The van der Waals surface area contributed by atoms with Crippen molar-refractivity contribution in [2.45, 2.75) is 26.2 Å². The maximum absolute atomic E-state index is 14.7. The summed E-state index contributed by atoms with van der Waals surface area (Å²) in [5.74, 6) is -0.124. The van der Waals surface area contributed by atoms with Gasteiger partial charge in [0.05, 0.1) is 23.1 Å². The molecule has 6 nitrogen and oxygen atoms in total. The van der Waals surface area contributed by atoms with Crippen molar-refractivity contribution in [3.63, 3.8) is 0 Å². The first kappa shape index (κ1) is 24.6. The van der Waals surface area contributed by atoms with Crippen LogP contribution in [0.4, 0.5) is 10.1 Å². The van der Waals surface area contributed by atoms with Gasteiger partial charge < -0.3 is 10.3 Å². The molecule has 0 unspecified atom stereocenters. The molecule has 0 aliphatic heterocycles. The van der Waals surface area contributed by atoms with Crippen molar-refractivity contribution in [1.82, 2.24) is 20.2 Å². The second-order valence-corrected chi connectivity index (χ2v) is 9.93. The number of aromatic amines is 2. The lowest BCUT2D eigenvalue weighted by Gasteiger charge is -2.24. The van der Waals surface area contributed by atoms with Gasteiger partial charge in [0, 0.05) is 39.9 Å². The molecule has 1 saturated carbocycles. The number of anilines is 1. The number of nitrogens with zero attached hydrogens (tertiary/aromatic N) is 2. The zero-order chi connectivity index (χ0) is 26.9. The van der Waals surface area contributed by atoms with E-state index in [0.717, 1.165) is 69.5 Å². The Hall–Kier alpha value is -4.78. The van der Waals surface area contributed by atoms with Crippen LogP contribution < -0.4 is 5.32 Å². The average Bonchev–Trinajstić information content (AvgIpc) is 3.49. The van der Waals surface area contributed by atoms with Crippen LogP contribution in [0.2, 0.25) is 0 Å². The minimum Gasteiger partial charge on any atom is -0.357 e. The molecule has 6 rings (SSSR count). The van der Waals surface area contributed by atoms with Gasteiger partial charge in [0.1, 0.15) is 11.5 Å². The molecule has 194 valence electrons. The normalized spacial score (nSPS) is 13.8. The molecule has 0 bridgehead atoms. The summed E-state index contributed by atoms with van der Waals surface area (Å²) in [6.07, 6.45) is 9.96. The standard InChI is InChI=1S/C32H28FN5O/c1-3-7-24(25-10-4-5-11-28(25)33)26-16-30(35-19(26)2)31-27-15-21(12-13-29(27)37-38-31)22-14-23(18-34-17-22)36-32(39)20-8-6-9-20/h3-5,7,10-18,20,35H,1,6,8-9H2,2H3,(H,36,39)(H,37,38)/b24-7-. The zero-order valence-corrected chi connectivity index (χ0v) is 21.6. The Labute approximate surface area is 225 Å². The molecular formula is C32H28FN5O. The Morgan fingerprint density at radius 2 is 1.92 bits per heavy atom. The van der Waals surface area contributed by atoms with Crippen molar-refractivity contribution in [3.8, 4) is 22.5 Å². The number of halogens is 1. The SMILES string of the molecule is C=C/C=C(/c1ccccc1F)c1cc(-c2n[nH]c3ccc(-c4cncc(NC(=O)C5CCC5)c4)cc23)[nH]c1C. The van der Waals surface area contributed by atoms with E-state index in [1.807, 2.05) is 43.3 Å². The Balaban J connectivity index is 1.36. The van der Waals surface area contributed by atoms with Crippen LogP contribution in [0, 0.1) is 18.7 Å². The first-order valence-corrected chi connectivity index (χ1v) is 13.0. The maximum atomic E-state index is 14.7. The molecule has 2 aromatic carbocycles. The number of hydrogen-bond acceptors (Lipinski definition) is 3. The zero-order valence-electron chi connectivity index (χ0n) is 21.6. The number of aryl methyl sites for hydroxylation is 1. The Morgan fingerprint density at radius 3 is 2.69 bits per heavy atom. The molecule has 1 aliphatic carbocycles. The smallest absolute Gasteiger partial charge is 0.227 e. The summed E-state index contributed by atoms with van der Waals surface area (Å²) in [5, 5.41) is 11.7. The van der Waals surface area contributed by atoms with Crippen molar-refractivity contribution in [3.05, 3.63) is 108 Å². The molecule has 1 fully saturated rings. The molecule has 1 aliphatic rings. The van der Waals surface area contributed by atoms with E-state index in [1.165, 1.54) is 6.07 Å². The number of amides is 1. The van der Waals surface area contributed by atoms with Gasteiger partial charge >= 0.3 is 0 Å². The van der Waals surface area contributed by atoms with Crippen LogP contribution in [-0.2, 0) is 4.79 Å². The third kappa shape index (κ3) is 4.68. The van der Waals surface area contributed by atoms with Gasteiger partial charge in [-0.1, -0.05) is 49.4 Å². The molecular weight excluding hydrogens is 489 g/mol. The third-order valence-electron chi connectivity index (χ3n) is 7.39. The van der Waals surface area contributed by atoms with Crippen molar-refractivity contribution in [2.24, 2.45) is 5.92 Å². The third-order valence-corrected chi connectivity index (χ3v) is 7.39. The Kier molecular flexibility index (Phi) is 6.40. The molecule has 0 spiro atoms. The highest BCUT2D eigenvalue weighted by Crippen LogP contribution is 2.35. The number of hydrogen-bond donors (Lipinski definition) is 3. The van der Waals surface area contributed by atoms with Gasteiger partial charge in [-0.3, -0.25) is 14.9 Å². The van der Waals surface area contributed by atoms with Gasteiger partial charge in [-0.25, -0.2) is 4.39 Å². The monoisotopic (exact) mass is 517 g/mol. The number of pyridine rings is 1. The fraction of sp³-hybridized carbons (Fsp3) is 0.156. The summed E-state index contributed by atoms with van der Waals surface area (Å²) < 4.78 is 14.7. The topological polar surface area (TPSA) is 86.5 Å². The van der Waals surface area contributed by atoms with E-state index in [4.69, 9.17) is 0 Å². The minimum absolute atomic E-state index is 0.0611. The number of carbonyl (C=O) groups excluding carboxylic acids is 1. The Morgan fingerprint density at radius 1 is 1.08 bits per heavy atom. The van der Waals surface area contributed by atoms with Crippen LogP contribution in [0.25, 0.3) is 39.0 Å². The fourth-order valence-electron chi connectivity index (χ4n) is 5.07. The number of carbonyl (C=O) groups is 1. The number of H-pyrrole nitrogens is 2. The van der Waals surface area contributed by atoms with Crippen LogP contribution in [0.1, 0.15) is 36.1 Å². The van der Waals surface area contributed by atoms with Crippen LogP contribution in [0.5, 0.6) is 0 Å². The van der Waals surface area contributed by atoms with E-state index >= 15 is 0 Å². The van der Waals surface area contributed by atoms with Gasteiger partial charge in [-0.15, -0.1) is 0 Å². The van der Waals surface area contributed by atoms with Crippen molar-refractivity contribution < 1.29 is 9.18 Å². The predicted molar refractivity (Wildman–Crippen MR) is 153 cm³/mol. The van der Waals surface area contributed by atoms with Crippen molar-refractivity contribution >= 4 is 28.1 Å². The van der Waals surface area contributed by atoms with Crippen molar-refractivity contribution in [2.75, 3.05) is 5.32 Å². The largest absolute Gasteiger partial charge is 0.357 e. The molecule has 0 saturated heterocycles. The molecule has 5 aromatic rings. The van der Waals surface area contributed by atoms with Crippen molar-refractivity contribution in [1.29, 1.82) is 0 Å². The van der Waals surface area contributed by atoms with E-state index in [9.17, 15) is 9.18 Å². The van der Waals surface area contributed by atoms with Crippen LogP contribution >= 0.6 is 0 Å². The second kappa shape index (κ2) is 10.2. The average molecular weight is 518 g/mol. The summed E-state index contributed by atoms with van der Waals surface area (Å²) in [4.78, 5) is 20.2. The van der Waals surface area contributed by atoms with E-state index in [1.54, 1.807) is 30.6 Å². The first-order valence-electron chi connectivity index (χ1n) is 13.0. The molecule has 7 heteroatoms. The van der Waals surface area contributed by atoms with Gasteiger partial charge in [-0.2, -0.15) is 5.10 Å². The molecule has 3 N–H and O–H groups in total.